The van der Waals surface area contributed by atoms with E-state index in [9.17, 15) is 18.0 Å². The number of hydrogen-bond donors (Lipinski definition) is 1. The minimum atomic E-state index is -5.08. The van der Waals surface area contributed by atoms with Crippen LogP contribution in [0, 0.1) is 5.92 Å². The van der Waals surface area contributed by atoms with Crippen LogP contribution in [0.1, 0.15) is 30.3 Å². The molecule has 9 nitrogen and oxygen atoms in total. The van der Waals surface area contributed by atoms with E-state index in [4.69, 9.17) is 19.4 Å². The summed E-state index contributed by atoms with van der Waals surface area (Å²) < 4.78 is 44.2. The van der Waals surface area contributed by atoms with Gasteiger partial charge in [-0.15, -0.1) is 0 Å². The number of carboxylic acid groups (broad SMARTS) is 1. The molecule has 1 N–H and O–H groups in total. The zero-order valence-electron chi connectivity index (χ0n) is 18.6. The first-order valence-electron chi connectivity index (χ1n) is 10.4. The van der Waals surface area contributed by atoms with Crippen LogP contribution in [0.25, 0.3) is 0 Å². The summed E-state index contributed by atoms with van der Waals surface area (Å²) in [6, 6.07) is 1.80. The average molecular weight is 464 g/mol. The van der Waals surface area contributed by atoms with Gasteiger partial charge in [0.05, 0.1) is 18.7 Å². The van der Waals surface area contributed by atoms with E-state index in [2.05, 4.69) is 17.0 Å². The van der Waals surface area contributed by atoms with Crippen molar-refractivity contribution < 1.29 is 37.3 Å². The molecule has 1 spiro atoms. The van der Waals surface area contributed by atoms with Gasteiger partial charge in [0.1, 0.15) is 5.69 Å². The number of hydrogen-bond acceptors (Lipinski definition) is 6. The van der Waals surface area contributed by atoms with Gasteiger partial charge in [-0.3, -0.25) is 14.4 Å². The molecule has 2 aliphatic heterocycles. The number of ether oxygens (including phenoxy) is 2. The van der Waals surface area contributed by atoms with Crippen LogP contribution in [-0.4, -0.2) is 102 Å². The Labute approximate surface area is 185 Å². The van der Waals surface area contributed by atoms with Crippen molar-refractivity contribution in [3.63, 3.8) is 0 Å². The number of methoxy groups -OCH3 is 1. The monoisotopic (exact) mass is 464 g/mol. The van der Waals surface area contributed by atoms with Gasteiger partial charge in [-0.05, 0) is 45.3 Å². The van der Waals surface area contributed by atoms with E-state index < -0.39 is 12.1 Å². The van der Waals surface area contributed by atoms with E-state index in [0.717, 1.165) is 39.3 Å². The Morgan fingerprint density at radius 2 is 2.00 bits per heavy atom. The summed E-state index contributed by atoms with van der Waals surface area (Å²) in [5.74, 6) is -2.13. The molecule has 0 bridgehead atoms. The minimum absolute atomic E-state index is 0.0297. The molecule has 2 saturated heterocycles. The van der Waals surface area contributed by atoms with Crippen molar-refractivity contribution >= 4 is 11.9 Å². The van der Waals surface area contributed by atoms with Gasteiger partial charge in [-0.2, -0.15) is 18.3 Å². The summed E-state index contributed by atoms with van der Waals surface area (Å²) in [4.78, 5) is 25.9. The highest BCUT2D eigenvalue weighted by atomic mass is 19.4. The van der Waals surface area contributed by atoms with E-state index in [1.54, 1.807) is 17.9 Å². The normalized spacial score (nSPS) is 20.4. The molecule has 1 atom stereocenters. The maximum absolute atomic E-state index is 12.7. The van der Waals surface area contributed by atoms with Crippen molar-refractivity contribution in [3.05, 3.63) is 18.0 Å². The molecular weight excluding hydrogens is 433 g/mol. The topological polar surface area (TPSA) is 97.1 Å². The Morgan fingerprint density at radius 3 is 2.56 bits per heavy atom. The number of halogens is 3. The smallest absolute Gasteiger partial charge is 0.475 e. The number of piperidine rings is 1. The summed E-state index contributed by atoms with van der Waals surface area (Å²) in [5, 5.41) is 11.5. The maximum Gasteiger partial charge on any atom is 0.490 e. The molecule has 0 aliphatic carbocycles. The second kappa shape index (κ2) is 11.1. The van der Waals surface area contributed by atoms with E-state index >= 15 is 0 Å². The molecule has 0 radical (unpaired) electrons. The molecule has 12 heteroatoms. The van der Waals surface area contributed by atoms with Crippen molar-refractivity contribution in [2.75, 3.05) is 53.6 Å². The second-order valence-electron chi connectivity index (χ2n) is 8.09. The fraction of sp³-hybridized carbons (Fsp3) is 0.750. The van der Waals surface area contributed by atoms with Crippen LogP contribution in [0.4, 0.5) is 13.2 Å². The number of carboxylic acids is 1. The first kappa shape index (κ1) is 26.1. The maximum atomic E-state index is 12.7. The molecule has 1 aromatic heterocycles. The SMILES string of the molecule is CCOCC1CCN(C)C2(C1)CN(C(=O)c1ccn(CCOC)n1)C2.O=C(O)C(F)(F)F. The van der Waals surface area contributed by atoms with Crippen LogP contribution in [0.3, 0.4) is 0 Å². The zero-order valence-corrected chi connectivity index (χ0v) is 18.6. The van der Waals surface area contributed by atoms with Gasteiger partial charge in [0.25, 0.3) is 5.91 Å². The Bertz CT molecular complexity index is 763. The number of carbonyl (C=O) groups excluding carboxylic acids is 1. The fourth-order valence-corrected chi connectivity index (χ4v) is 3.96. The Morgan fingerprint density at radius 1 is 1.34 bits per heavy atom. The molecule has 32 heavy (non-hydrogen) atoms. The lowest BCUT2D eigenvalue weighted by atomic mass is 9.75. The molecular formula is C20H31F3N4O5. The lowest BCUT2D eigenvalue weighted by molar-refractivity contribution is -0.192. The number of amides is 1. The summed E-state index contributed by atoms with van der Waals surface area (Å²) in [5.41, 5.74) is 0.643. The van der Waals surface area contributed by atoms with Gasteiger partial charge in [-0.25, -0.2) is 4.79 Å². The number of likely N-dealkylation sites (N-methyl/N-ethyl adjacent to an activating group) is 1. The van der Waals surface area contributed by atoms with Gasteiger partial charge < -0.3 is 19.5 Å². The Balaban J connectivity index is 0.000000451. The van der Waals surface area contributed by atoms with Crippen LogP contribution in [0.15, 0.2) is 12.3 Å². The molecule has 0 aromatic carbocycles. The van der Waals surface area contributed by atoms with E-state index in [0.29, 0.717) is 24.8 Å². The minimum Gasteiger partial charge on any atom is -0.475 e. The van der Waals surface area contributed by atoms with Crippen LogP contribution in [0.2, 0.25) is 0 Å². The first-order valence-corrected chi connectivity index (χ1v) is 10.4. The quantitative estimate of drug-likeness (QED) is 0.657. The number of carbonyl (C=O) groups is 2. The fourth-order valence-electron chi connectivity index (χ4n) is 3.96. The predicted molar refractivity (Wildman–Crippen MR) is 108 cm³/mol. The molecule has 2 aliphatic rings. The third-order valence-corrected chi connectivity index (χ3v) is 5.79. The number of aromatic nitrogens is 2. The van der Waals surface area contributed by atoms with Crippen molar-refractivity contribution in [2.24, 2.45) is 5.92 Å². The molecule has 3 rings (SSSR count). The molecule has 2 fully saturated rings. The van der Waals surface area contributed by atoms with Crippen molar-refractivity contribution in [2.45, 2.75) is 38.0 Å². The summed E-state index contributed by atoms with van der Waals surface area (Å²) in [6.07, 6.45) is -0.960. The summed E-state index contributed by atoms with van der Waals surface area (Å²) in [6.45, 7) is 7.56. The van der Waals surface area contributed by atoms with Gasteiger partial charge in [0.15, 0.2) is 0 Å². The van der Waals surface area contributed by atoms with Crippen LogP contribution < -0.4 is 0 Å². The highest BCUT2D eigenvalue weighted by molar-refractivity contribution is 5.93. The molecule has 1 aromatic rings. The third-order valence-electron chi connectivity index (χ3n) is 5.79. The molecule has 1 amide bonds. The van der Waals surface area contributed by atoms with Gasteiger partial charge in [0.2, 0.25) is 0 Å². The number of likely N-dealkylation sites (tertiary alicyclic amines) is 2. The van der Waals surface area contributed by atoms with Crippen molar-refractivity contribution in [3.8, 4) is 0 Å². The van der Waals surface area contributed by atoms with E-state index in [1.807, 2.05) is 18.0 Å². The van der Waals surface area contributed by atoms with Crippen LogP contribution in [-0.2, 0) is 20.8 Å². The van der Waals surface area contributed by atoms with Gasteiger partial charge in [-0.1, -0.05) is 0 Å². The second-order valence-corrected chi connectivity index (χ2v) is 8.09. The van der Waals surface area contributed by atoms with Crippen molar-refractivity contribution in [1.82, 2.24) is 19.6 Å². The number of rotatable bonds is 7. The largest absolute Gasteiger partial charge is 0.490 e. The highest BCUT2D eigenvalue weighted by Gasteiger charge is 2.51. The average Bonchev–Trinajstić information content (AvgIpc) is 3.18. The van der Waals surface area contributed by atoms with Gasteiger partial charge in [0, 0.05) is 39.6 Å². The summed E-state index contributed by atoms with van der Waals surface area (Å²) in [7, 11) is 3.84. The van der Waals surface area contributed by atoms with E-state index in [-0.39, 0.29) is 11.4 Å². The third kappa shape index (κ3) is 6.66. The molecule has 1 unspecified atom stereocenters. The Hall–Kier alpha value is -2.18. The lowest BCUT2D eigenvalue weighted by Gasteiger charge is -2.58. The van der Waals surface area contributed by atoms with Crippen LogP contribution >= 0.6 is 0 Å². The number of aliphatic carboxylic acids is 1. The molecule has 0 saturated carbocycles. The molecule has 182 valence electrons. The van der Waals surface area contributed by atoms with Gasteiger partial charge >= 0.3 is 12.1 Å². The first-order chi connectivity index (χ1) is 15.0. The zero-order chi connectivity index (χ0) is 23.9. The van der Waals surface area contributed by atoms with Crippen molar-refractivity contribution in [1.29, 1.82) is 0 Å². The Kier molecular flexibility index (Phi) is 9.05. The summed E-state index contributed by atoms with van der Waals surface area (Å²) >= 11 is 0. The lowest BCUT2D eigenvalue weighted by Crippen LogP contribution is -2.72. The standard InChI is InChI=1S/C18H30N4O3.C2HF3O2/c1-4-25-12-15-5-7-20(2)18(11-15)13-21(14-18)17(23)16-6-8-22(19-16)9-10-24-3;3-2(4,5)1(6)7/h6,8,15H,4-5,7,9-14H2,1-3H3;(H,6,7). The predicted octanol–water partition coefficient (Wildman–Crippen LogP) is 1.74. The molecule has 3 heterocycles. The van der Waals surface area contributed by atoms with Crippen LogP contribution in [0.5, 0.6) is 0 Å². The van der Waals surface area contributed by atoms with E-state index in [1.165, 1.54) is 6.42 Å². The number of alkyl halides is 3. The highest BCUT2D eigenvalue weighted by Crippen LogP contribution is 2.38. The number of nitrogens with zero attached hydrogens (tertiary/aromatic N) is 4.